The van der Waals surface area contributed by atoms with Crippen LogP contribution in [0.1, 0.15) is 41.9 Å². The fraction of sp³-hybridized carbons (Fsp3) is 0.474. The highest BCUT2D eigenvalue weighted by Gasteiger charge is 2.40. The Morgan fingerprint density at radius 2 is 1.74 bits per heavy atom. The van der Waals surface area contributed by atoms with Gasteiger partial charge in [0, 0.05) is 19.6 Å². The third-order valence-corrected chi connectivity index (χ3v) is 4.82. The van der Waals surface area contributed by atoms with E-state index in [2.05, 4.69) is 0 Å². The summed E-state index contributed by atoms with van der Waals surface area (Å²) in [5.41, 5.74) is 2.63. The average molecular weight is 316 g/mol. The lowest BCUT2D eigenvalue weighted by Crippen LogP contribution is -2.17. The van der Waals surface area contributed by atoms with E-state index in [1.54, 1.807) is 13.8 Å². The predicted molar refractivity (Wildman–Crippen MR) is 84.9 cm³/mol. The van der Waals surface area contributed by atoms with E-state index in [9.17, 15) is 14.0 Å². The van der Waals surface area contributed by atoms with Crippen molar-refractivity contribution in [3.8, 4) is 0 Å². The quantitative estimate of drug-likeness (QED) is 0.620. The van der Waals surface area contributed by atoms with Gasteiger partial charge in [-0.05, 0) is 67.0 Å². The first-order chi connectivity index (χ1) is 11.0. The van der Waals surface area contributed by atoms with Gasteiger partial charge in [-0.25, -0.2) is 4.39 Å². The van der Waals surface area contributed by atoms with Gasteiger partial charge in [-0.15, -0.1) is 0 Å². The second-order valence-electron chi connectivity index (χ2n) is 6.54. The second kappa shape index (κ2) is 6.36. The van der Waals surface area contributed by atoms with Gasteiger partial charge in [-0.2, -0.15) is 0 Å². The lowest BCUT2D eigenvalue weighted by Gasteiger charge is -2.19. The Kier molecular flexibility index (Phi) is 4.44. The number of hydrogen-bond acceptors (Lipinski definition) is 3. The number of benzene rings is 1. The molecule has 3 rings (SSSR count). The first-order valence-corrected chi connectivity index (χ1v) is 8.09. The zero-order chi connectivity index (χ0) is 16.6. The van der Waals surface area contributed by atoms with Crippen LogP contribution in [0.2, 0.25) is 0 Å². The van der Waals surface area contributed by atoms with Gasteiger partial charge in [-0.1, -0.05) is 6.08 Å². The molecule has 1 unspecified atom stereocenters. The number of rotatable bonds is 2. The minimum absolute atomic E-state index is 0.0777. The minimum atomic E-state index is -0.762. The summed E-state index contributed by atoms with van der Waals surface area (Å²) in [5.74, 6) is -0.976. The number of carbonyl (C=O) groups excluding carboxylic acids is 2. The van der Waals surface area contributed by atoms with Gasteiger partial charge >= 0.3 is 0 Å². The Morgan fingerprint density at radius 3 is 2.35 bits per heavy atom. The van der Waals surface area contributed by atoms with Crippen molar-refractivity contribution in [1.82, 2.24) is 0 Å². The molecule has 0 radical (unpaired) electrons. The number of aryl methyl sites for hydroxylation is 2. The van der Waals surface area contributed by atoms with Gasteiger partial charge in [0.2, 0.25) is 0 Å². The Morgan fingerprint density at radius 1 is 1.13 bits per heavy atom. The van der Waals surface area contributed by atoms with Crippen LogP contribution in [0.15, 0.2) is 23.8 Å². The summed E-state index contributed by atoms with van der Waals surface area (Å²) in [6.07, 6.45) is 3.95. The van der Waals surface area contributed by atoms with Crippen molar-refractivity contribution in [1.29, 1.82) is 0 Å². The monoisotopic (exact) mass is 316 g/mol. The van der Waals surface area contributed by atoms with E-state index in [1.165, 1.54) is 12.1 Å². The molecule has 4 heteroatoms. The summed E-state index contributed by atoms with van der Waals surface area (Å²) in [6, 6.07) is 2.78. The van der Waals surface area contributed by atoms with E-state index in [1.807, 2.05) is 6.08 Å². The standard InChI is InChI=1S/C19H21FO3/c1-11-7-15(20)8-12(2)17(11)18-16(21)10-14(19(18)22)9-13-3-5-23-6-4-13/h7-9,13,18H,3-6,10H2,1-2H3/b14-9+. The molecule has 0 spiro atoms. The topological polar surface area (TPSA) is 43.4 Å². The highest BCUT2D eigenvalue weighted by Crippen LogP contribution is 2.36. The maximum atomic E-state index is 13.5. The molecule has 1 atom stereocenters. The number of hydrogen-bond donors (Lipinski definition) is 0. The summed E-state index contributed by atoms with van der Waals surface area (Å²) in [6.45, 7) is 4.92. The zero-order valence-electron chi connectivity index (χ0n) is 13.5. The largest absolute Gasteiger partial charge is 0.381 e. The molecule has 0 aromatic heterocycles. The van der Waals surface area contributed by atoms with Crippen LogP contribution in [-0.2, 0) is 14.3 Å². The molecular weight excluding hydrogens is 295 g/mol. The summed E-state index contributed by atoms with van der Waals surface area (Å²) >= 11 is 0. The molecule has 23 heavy (non-hydrogen) atoms. The molecule has 1 saturated carbocycles. The van der Waals surface area contributed by atoms with Gasteiger partial charge in [0.15, 0.2) is 11.6 Å². The summed E-state index contributed by atoms with van der Waals surface area (Å²) < 4.78 is 18.8. The van der Waals surface area contributed by atoms with E-state index in [0.29, 0.717) is 41.4 Å². The maximum Gasteiger partial charge on any atom is 0.173 e. The fourth-order valence-electron chi connectivity index (χ4n) is 3.69. The van der Waals surface area contributed by atoms with Crippen LogP contribution in [0.25, 0.3) is 0 Å². The van der Waals surface area contributed by atoms with Crippen molar-refractivity contribution in [3.63, 3.8) is 0 Å². The van der Waals surface area contributed by atoms with Crippen LogP contribution < -0.4 is 0 Å². The highest BCUT2D eigenvalue weighted by atomic mass is 19.1. The van der Waals surface area contributed by atoms with Crippen molar-refractivity contribution in [3.05, 3.63) is 46.3 Å². The maximum absolute atomic E-state index is 13.5. The molecule has 2 fully saturated rings. The fourth-order valence-corrected chi connectivity index (χ4v) is 3.69. The van der Waals surface area contributed by atoms with Gasteiger partial charge in [-0.3, -0.25) is 9.59 Å². The lowest BCUT2D eigenvalue weighted by atomic mass is 9.87. The van der Waals surface area contributed by atoms with Crippen LogP contribution in [-0.4, -0.2) is 24.8 Å². The number of allylic oxidation sites excluding steroid dienone is 2. The molecular formula is C19H21FO3. The molecule has 1 aromatic rings. The molecule has 0 bridgehead atoms. The van der Waals surface area contributed by atoms with Crippen LogP contribution in [0, 0.1) is 25.6 Å². The van der Waals surface area contributed by atoms with Crippen LogP contribution in [0.5, 0.6) is 0 Å². The van der Waals surface area contributed by atoms with Gasteiger partial charge in [0.25, 0.3) is 0 Å². The van der Waals surface area contributed by atoms with Crippen molar-refractivity contribution in [2.75, 3.05) is 13.2 Å². The van der Waals surface area contributed by atoms with Crippen molar-refractivity contribution < 1.29 is 18.7 Å². The summed E-state index contributed by atoms with van der Waals surface area (Å²) in [5, 5.41) is 0. The van der Waals surface area contributed by atoms with E-state index < -0.39 is 5.92 Å². The SMILES string of the molecule is Cc1cc(F)cc(C)c1C1C(=O)C/C(=C\C2CCOCC2)C1=O. The molecule has 0 N–H and O–H groups in total. The molecule has 1 heterocycles. The Balaban J connectivity index is 1.91. The van der Waals surface area contributed by atoms with Gasteiger partial charge in [0.1, 0.15) is 11.7 Å². The van der Waals surface area contributed by atoms with Gasteiger partial charge in [0.05, 0.1) is 0 Å². The molecule has 3 nitrogen and oxygen atoms in total. The third kappa shape index (κ3) is 3.13. The smallest absolute Gasteiger partial charge is 0.173 e. The van der Waals surface area contributed by atoms with E-state index in [-0.39, 0.29) is 23.8 Å². The van der Waals surface area contributed by atoms with Gasteiger partial charge < -0.3 is 4.74 Å². The number of ketones is 2. The molecule has 122 valence electrons. The normalized spacial score (nSPS) is 24.7. The number of Topliss-reactive ketones (excluding diaryl/α,β-unsaturated/α-hetero) is 2. The van der Waals surface area contributed by atoms with Crippen molar-refractivity contribution >= 4 is 11.6 Å². The van der Waals surface area contributed by atoms with Crippen LogP contribution in [0.3, 0.4) is 0 Å². The van der Waals surface area contributed by atoms with Crippen LogP contribution >= 0.6 is 0 Å². The van der Waals surface area contributed by atoms with E-state index >= 15 is 0 Å². The summed E-state index contributed by atoms with van der Waals surface area (Å²) in [7, 11) is 0. The Bertz CT molecular complexity index is 661. The first-order valence-electron chi connectivity index (χ1n) is 8.09. The highest BCUT2D eigenvalue weighted by molar-refractivity contribution is 6.23. The van der Waals surface area contributed by atoms with Crippen molar-refractivity contribution in [2.24, 2.45) is 5.92 Å². The first kappa shape index (κ1) is 16.1. The van der Waals surface area contributed by atoms with E-state index in [0.717, 1.165) is 12.8 Å². The molecule has 1 aliphatic heterocycles. The predicted octanol–water partition coefficient (Wildman–Crippen LogP) is 3.42. The second-order valence-corrected chi connectivity index (χ2v) is 6.54. The molecule has 1 aromatic carbocycles. The zero-order valence-corrected chi connectivity index (χ0v) is 13.5. The van der Waals surface area contributed by atoms with Crippen molar-refractivity contribution in [2.45, 2.75) is 39.0 Å². The van der Waals surface area contributed by atoms with Crippen LogP contribution in [0.4, 0.5) is 4.39 Å². The minimum Gasteiger partial charge on any atom is -0.381 e. The molecule has 2 aliphatic rings. The number of ether oxygens (including phenoxy) is 1. The van der Waals surface area contributed by atoms with E-state index in [4.69, 9.17) is 4.74 Å². The third-order valence-electron chi connectivity index (χ3n) is 4.82. The Hall–Kier alpha value is -1.81. The molecule has 1 aliphatic carbocycles. The summed E-state index contributed by atoms with van der Waals surface area (Å²) in [4.78, 5) is 25.2. The lowest BCUT2D eigenvalue weighted by molar-refractivity contribution is -0.123. The molecule has 1 saturated heterocycles. The number of halogens is 1. The Labute approximate surface area is 135 Å². The number of carbonyl (C=O) groups is 2. The molecule has 0 amide bonds. The average Bonchev–Trinajstić information content (AvgIpc) is 2.75.